The van der Waals surface area contributed by atoms with Gasteiger partial charge < -0.3 is 0 Å². The summed E-state index contributed by atoms with van der Waals surface area (Å²) in [5.41, 5.74) is 3.64. The molecule has 1 heterocycles. The second kappa shape index (κ2) is 8.76. The summed E-state index contributed by atoms with van der Waals surface area (Å²) in [6.07, 6.45) is 0. The first-order valence-electron chi connectivity index (χ1n) is 7.84. The lowest BCUT2D eigenvalue weighted by Crippen LogP contribution is -2.20. The van der Waals surface area contributed by atoms with Crippen molar-refractivity contribution in [2.24, 2.45) is 0 Å². The summed E-state index contributed by atoms with van der Waals surface area (Å²) >= 11 is 1.70. The molecule has 6 heteroatoms. The molecule has 0 aliphatic rings. The number of hydrogen-bond donors (Lipinski definition) is 1. The molecule has 0 amide bonds. The van der Waals surface area contributed by atoms with E-state index in [1.54, 1.807) is 25.2 Å². The van der Waals surface area contributed by atoms with Crippen molar-refractivity contribution in [1.29, 1.82) is 0 Å². The highest BCUT2D eigenvalue weighted by atomic mass is 32.1. The Morgan fingerprint density at radius 2 is 1.74 bits per heavy atom. The fourth-order valence-corrected chi connectivity index (χ4v) is 4.37. The highest BCUT2D eigenvalue weighted by Crippen LogP contribution is 2.43. The number of rotatable bonds is 9. The first kappa shape index (κ1) is 18.4. The van der Waals surface area contributed by atoms with Gasteiger partial charge in [-0.2, -0.15) is 11.3 Å². The first-order chi connectivity index (χ1) is 11.1. The topological polar surface area (TPSA) is 47.6 Å². The van der Waals surface area contributed by atoms with E-state index in [1.165, 1.54) is 16.7 Å². The molecule has 1 unspecified atom stereocenters. The third-order valence-corrected chi connectivity index (χ3v) is 5.97. The molecule has 2 rings (SSSR count). The molecule has 126 valence electrons. The molecule has 1 atom stereocenters. The molecule has 0 aliphatic carbocycles. The van der Waals surface area contributed by atoms with E-state index in [9.17, 15) is 4.57 Å². The molecule has 0 saturated heterocycles. The van der Waals surface area contributed by atoms with Gasteiger partial charge in [-0.3, -0.25) is 9.05 Å². The smallest absolute Gasteiger partial charge is 0.297 e. The summed E-state index contributed by atoms with van der Waals surface area (Å²) in [6, 6.07) is 10.6. The van der Waals surface area contributed by atoms with Crippen molar-refractivity contribution in [3.63, 3.8) is 0 Å². The summed E-state index contributed by atoms with van der Waals surface area (Å²) in [7, 11) is -3.19. The molecule has 23 heavy (non-hydrogen) atoms. The van der Waals surface area contributed by atoms with Crippen molar-refractivity contribution in [1.82, 2.24) is 5.09 Å². The predicted molar refractivity (Wildman–Crippen MR) is 97.0 cm³/mol. The van der Waals surface area contributed by atoms with Crippen molar-refractivity contribution in [2.45, 2.75) is 26.7 Å². The number of hydrogen-bond acceptors (Lipinski definition) is 4. The van der Waals surface area contributed by atoms with Crippen LogP contribution in [0.3, 0.4) is 0 Å². The van der Waals surface area contributed by atoms with Crippen LogP contribution in [-0.4, -0.2) is 19.8 Å². The van der Waals surface area contributed by atoms with E-state index < -0.39 is 7.75 Å². The molecular formula is C17H24NO3PS. The van der Waals surface area contributed by atoms with Crippen LogP contribution in [-0.2, 0) is 13.6 Å². The standard InChI is InChI=1S/C17H24NO3PS/c1-4-20-22(19,21-5-2)18-12-14(3)15-6-8-16(9-7-15)17-10-11-23-13-17/h6-11,13-14H,4-5,12H2,1-3H3,(H,18,19). The molecule has 1 N–H and O–H groups in total. The summed E-state index contributed by atoms with van der Waals surface area (Å²) in [4.78, 5) is 0. The number of thiophene rings is 1. The minimum atomic E-state index is -3.19. The van der Waals surface area contributed by atoms with Crippen molar-refractivity contribution in [3.05, 3.63) is 46.7 Å². The molecule has 1 aromatic heterocycles. The maximum absolute atomic E-state index is 12.4. The fraction of sp³-hybridized carbons (Fsp3) is 0.412. The zero-order valence-corrected chi connectivity index (χ0v) is 15.5. The van der Waals surface area contributed by atoms with E-state index in [2.05, 4.69) is 53.1 Å². The molecular weight excluding hydrogens is 329 g/mol. The van der Waals surface area contributed by atoms with Gasteiger partial charge in [0, 0.05) is 6.54 Å². The molecule has 1 aromatic carbocycles. The second-order valence-electron chi connectivity index (χ2n) is 5.23. The van der Waals surface area contributed by atoms with Gasteiger partial charge in [0.15, 0.2) is 0 Å². The van der Waals surface area contributed by atoms with Gasteiger partial charge in [-0.25, -0.2) is 9.65 Å². The predicted octanol–water partition coefficient (Wildman–Crippen LogP) is 5.29. The van der Waals surface area contributed by atoms with Gasteiger partial charge in [0.1, 0.15) is 0 Å². The highest BCUT2D eigenvalue weighted by molar-refractivity contribution is 7.51. The normalized spacial score (nSPS) is 13.2. The third kappa shape index (κ3) is 5.27. The largest absolute Gasteiger partial charge is 0.405 e. The SMILES string of the molecule is CCOP(=O)(NCC(C)c1ccc(-c2ccsc2)cc1)OCC. The van der Waals surface area contributed by atoms with Crippen molar-refractivity contribution in [3.8, 4) is 11.1 Å². The van der Waals surface area contributed by atoms with Gasteiger partial charge in [0.2, 0.25) is 0 Å². The molecule has 0 aliphatic heterocycles. The molecule has 0 saturated carbocycles. The van der Waals surface area contributed by atoms with Crippen LogP contribution in [0.5, 0.6) is 0 Å². The molecule has 0 bridgehead atoms. The lowest BCUT2D eigenvalue weighted by molar-refractivity contribution is 0.210. The van der Waals surface area contributed by atoms with Crippen LogP contribution in [0.1, 0.15) is 32.3 Å². The number of nitrogens with one attached hydrogen (secondary N) is 1. The van der Waals surface area contributed by atoms with Crippen LogP contribution in [0.4, 0.5) is 0 Å². The first-order valence-corrected chi connectivity index (χ1v) is 10.3. The van der Waals surface area contributed by atoms with E-state index >= 15 is 0 Å². The molecule has 4 nitrogen and oxygen atoms in total. The van der Waals surface area contributed by atoms with Crippen LogP contribution in [0.2, 0.25) is 0 Å². The lowest BCUT2D eigenvalue weighted by atomic mass is 9.99. The van der Waals surface area contributed by atoms with Crippen LogP contribution < -0.4 is 5.09 Å². The van der Waals surface area contributed by atoms with E-state index in [0.29, 0.717) is 19.8 Å². The van der Waals surface area contributed by atoms with Crippen molar-refractivity contribution in [2.75, 3.05) is 19.8 Å². The zero-order valence-electron chi connectivity index (χ0n) is 13.8. The van der Waals surface area contributed by atoms with Crippen LogP contribution >= 0.6 is 19.1 Å². The Morgan fingerprint density at radius 1 is 1.09 bits per heavy atom. The highest BCUT2D eigenvalue weighted by Gasteiger charge is 2.23. The Hall–Kier alpha value is -0.970. The van der Waals surface area contributed by atoms with E-state index in [4.69, 9.17) is 9.05 Å². The van der Waals surface area contributed by atoms with Crippen LogP contribution in [0.25, 0.3) is 11.1 Å². The Labute approximate surface area is 142 Å². The summed E-state index contributed by atoms with van der Waals surface area (Å²) in [5, 5.41) is 7.17. The average molecular weight is 353 g/mol. The van der Waals surface area contributed by atoms with E-state index in [0.717, 1.165) is 0 Å². The Balaban J connectivity index is 1.97. The van der Waals surface area contributed by atoms with Gasteiger partial charge in [0.25, 0.3) is 0 Å². The van der Waals surface area contributed by atoms with Crippen molar-refractivity contribution >= 4 is 19.1 Å². The summed E-state index contributed by atoms with van der Waals surface area (Å²) in [6.45, 7) is 6.95. The molecule has 2 aromatic rings. The van der Waals surface area contributed by atoms with Gasteiger partial charge in [0.05, 0.1) is 13.2 Å². The lowest BCUT2D eigenvalue weighted by Gasteiger charge is -2.20. The fourth-order valence-electron chi connectivity index (χ4n) is 2.27. The minimum absolute atomic E-state index is 0.209. The molecule has 0 fully saturated rings. The monoisotopic (exact) mass is 353 g/mol. The molecule has 0 radical (unpaired) electrons. The Morgan fingerprint density at radius 3 is 2.26 bits per heavy atom. The van der Waals surface area contributed by atoms with Crippen LogP contribution in [0, 0.1) is 0 Å². The van der Waals surface area contributed by atoms with Gasteiger partial charge in [-0.1, -0.05) is 31.2 Å². The maximum Gasteiger partial charge on any atom is 0.405 e. The van der Waals surface area contributed by atoms with Gasteiger partial charge >= 0.3 is 7.75 Å². The Kier molecular flexibility index (Phi) is 7.00. The summed E-state index contributed by atoms with van der Waals surface area (Å²) in [5.74, 6) is 0.209. The van der Waals surface area contributed by atoms with Gasteiger partial charge in [-0.05, 0) is 53.3 Å². The van der Waals surface area contributed by atoms with Crippen LogP contribution in [0.15, 0.2) is 41.1 Å². The zero-order chi connectivity index (χ0) is 16.7. The second-order valence-corrected chi connectivity index (χ2v) is 7.84. The minimum Gasteiger partial charge on any atom is -0.297 e. The third-order valence-electron chi connectivity index (χ3n) is 3.52. The van der Waals surface area contributed by atoms with E-state index in [-0.39, 0.29) is 5.92 Å². The van der Waals surface area contributed by atoms with E-state index in [1.807, 2.05) is 0 Å². The summed E-state index contributed by atoms with van der Waals surface area (Å²) < 4.78 is 22.9. The maximum atomic E-state index is 12.4. The van der Waals surface area contributed by atoms with Gasteiger partial charge in [-0.15, -0.1) is 0 Å². The quantitative estimate of drug-likeness (QED) is 0.622. The molecule has 0 spiro atoms. The number of benzene rings is 1. The Bertz CT molecular complexity index is 618. The average Bonchev–Trinajstić information content (AvgIpc) is 3.08. The van der Waals surface area contributed by atoms with Crippen molar-refractivity contribution < 1.29 is 13.6 Å².